The van der Waals surface area contributed by atoms with Crippen LogP contribution in [-0.2, 0) is 19.4 Å². The second-order valence-electron chi connectivity index (χ2n) is 10.6. The maximum absolute atomic E-state index is 11.2. The Bertz CT molecular complexity index is 1100. The first-order valence-corrected chi connectivity index (χ1v) is 13.0. The molecule has 1 N–H and O–H groups in total. The number of likely N-dealkylation sites (tertiary alicyclic amines) is 1. The molecule has 2 aliphatic rings. The van der Waals surface area contributed by atoms with Gasteiger partial charge in [-0.05, 0) is 53.6 Å². The predicted octanol–water partition coefficient (Wildman–Crippen LogP) is 5.76. The third kappa shape index (κ3) is 6.06. The van der Waals surface area contributed by atoms with E-state index >= 15 is 0 Å². The van der Waals surface area contributed by atoms with Crippen molar-refractivity contribution in [3.8, 4) is 11.5 Å². The number of hydrogen-bond donors (Lipinski definition) is 1. The molecule has 5 rings (SSSR count). The lowest BCUT2D eigenvalue weighted by atomic mass is 9.85. The van der Waals surface area contributed by atoms with Crippen LogP contribution < -0.4 is 9.47 Å². The molecule has 1 saturated heterocycles. The number of rotatable bonds is 8. The van der Waals surface area contributed by atoms with Crippen molar-refractivity contribution in [2.45, 2.75) is 63.8 Å². The van der Waals surface area contributed by atoms with Gasteiger partial charge in [-0.15, -0.1) is 0 Å². The number of piperidine rings is 1. The summed E-state index contributed by atoms with van der Waals surface area (Å²) in [6.45, 7) is 7.70. The van der Waals surface area contributed by atoms with Crippen LogP contribution in [-0.4, -0.2) is 41.3 Å². The Hall–Kier alpha value is -2.82. The van der Waals surface area contributed by atoms with E-state index in [4.69, 9.17) is 9.47 Å². The van der Waals surface area contributed by atoms with Crippen LogP contribution in [0.1, 0.15) is 54.9 Å². The van der Waals surface area contributed by atoms with E-state index in [-0.39, 0.29) is 6.10 Å². The molecular weight excluding hydrogens is 434 g/mol. The van der Waals surface area contributed by atoms with E-state index in [1.165, 1.54) is 22.3 Å². The number of benzene rings is 3. The van der Waals surface area contributed by atoms with Gasteiger partial charge in [-0.3, -0.25) is 4.90 Å². The van der Waals surface area contributed by atoms with Crippen LogP contribution in [0.25, 0.3) is 0 Å². The van der Waals surface area contributed by atoms with Crippen molar-refractivity contribution < 1.29 is 14.6 Å². The lowest BCUT2D eigenvalue weighted by Crippen LogP contribution is -2.48. The van der Waals surface area contributed by atoms with Crippen molar-refractivity contribution in [2.75, 3.05) is 19.6 Å². The molecule has 0 spiro atoms. The minimum Gasteiger partial charge on any atom is -0.489 e. The van der Waals surface area contributed by atoms with Crippen LogP contribution in [0.15, 0.2) is 72.8 Å². The highest BCUT2D eigenvalue weighted by atomic mass is 16.5. The monoisotopic (exact) mass is 471 g/mol. The summed E-state index contributed by atoms with van der Waals surface area (Å²) in [7, 11) is 0. The Morgan fingerprint density at radius 1 is 0.971 bits per heavy atom. The van der Waals surface area contributed by atoms with Gasteiger partial charge in [0.25, 0.3) is 0 Å². The smallest absolute Gasteiger partial charge is 0.123 e. The van der Waals surface area contributed by atoms with Gasteiger partial charge in [0.1, 0.15) is 24.2 Å². The fourth-order valence-corrected chi connectivity index (χ4v) is 5.25. The SMILES string of the molecule is CC(C)c1ccc(CC2(O)CCN(CC3Cc4cc(OCc5ccccc5)ccc4O3)CC2)cc1. The molecular formula is C31H37NO3. The van der Waals surface area contributed by atoms with Gasteiger partial charge in [-0.25, -0.2) is 0 Å². The average Bonchev–Trinajstić information content (AvgIpc) is 3.27. The molecule has 2 heterocycles. The molecule has 4 nitrogen and oxygen atoms in total. The van der Waals surface area contributed by atoms with Gasteiger partial charge in [0.05, 0.1) is 5.60 Å². The minimum absolute atomic E-state index is 0.157. The van der Waals surface area contributed by atoms with Crippen LogP contribution in [0.4, 0.5) is 0 Å². The zero-order valence-electron chi connectivity index (χ0n) is 21.0. The third-order valence-electron chi connectivity index (χ3n) is 7.45. The standard InChI is InChI=1S/C31H37NO3/c1-23(2)26-10-8-24(9-11-26)20-31(33)14-16-32(17-15-31)21-29-19-27-18-28(12-13-30(27)35-29)34-22-25-6-4-3-5-7-25/h3-13,18,23,29,33H,14-17,19-22H2,1-2H3. The summed E-state index contributed by atoms with van der Waals surface area (Å²) in [5, 5.41) is 11.2. The Labute approximate surface area is 209 Å². The first-order valence-electron chi connectivity index (χ1n) is 13.0. The summed E-state index contributed by atoms with van der Waals surface area (Å²) >= 11 is 0. The average molecular weight is 472 g/mol. The molecule has 35 heavy (non-hydrogen) atoms. The Balaban J connectivity index is 1.09. The van der Waals surface area contributed by atoms with E-state index in [0.29, 0.717) is 12.5 Å². The Kier molecular flexibility index (Phi) is 7.12. The van der Waals surface area contributed by atoms with Crippen molar-refractivity contribution in [3.05, 3.63) is 95.1 Å². The lowest BCUT2D eigenvalue weighted by Gasteiger charge is -2.39. The second-order valence-corrected chi connectivity index (χ2v) is 10.6. The van der Waals surface area contributed by atoms with E-state index in [2.05, 4.69) is 61.2 Å². The molecule has 0 aromatic heterocycles. The molecule has 0 saturated carbocycles. The lowest BCUT2D eigenvalue weighted by molar-refractivity contribution is -0.0265. The van der Waals surface area contributed by atoms with Crippen LogP contribution in [0.3, 0.4) is 0 Å². The first-order chi connectivity index (χ1) is 17.0. The number of aliphatic hydroxyl groups is 1. The summed E-state index contributed by atoms with van der Waals surface area (Å²) in [5.74, 6) is 2.40. The Morgan fingerprint density at radius 2 is 1.71 bits per heavy atom. The normalized spacial score (nSPS) is 19.4. The molecule has 4 heteroatoms. The van der Waals surface area contributed by atoms with E-state index < -0.39 is 5.60 Å². The van der Waals surface area contributed by atoms with Gasteiger partial charge in [0.15, 0.2) is 0 Å². The fourth-order valence-electron chi connectivity index (χ4n) is 5.25. The van der Waals surface area contributed by atoms with E-state index in [1.54, 1.807) is 0 Å². The topological polar surface area (TPSA) is 41.9 Å². The van der Waals surface area contributed by atoms with Crippen molar-refractivity contribution in [3.63, 3.8) is 0 Å². The highest BCUT2D eigenvalue weighted by Gasteiger charge is 2.34. The molecule has 1 atom stereocenters. The molecule has 3 aromatic carbocycles. The predicted molar refractivity (Wildman–Crippen MR) is 140 cm³/mol. The van der Waals surface area contributed by atoms with Crippen LogP contribution in [0.5, 0.6) is 11.5 Å². The minimum atomic E-state index is -0.611. The molecule has 184 valence electrons. The van der Waals surface area contributed by atoms with Gasteiger partial charge < -0.3 is 14.6 Å². The largest absolute Gasteiger partial charge is 0.489 e. The van der Waals surface area contributed by atoms with Gasteiger partial charge in [0.2, 0.25) is 0 Å². The maximum atomic E-state index is 11.2. The molecule has 0 radical (unpaired) electrons. The van der Waals surface area contributed by atoms with Gasteiger partial charge >= 0.3 is 0 Å². The zero-order chi connectivity index (χ0) is 24.3. The quantitative estimate of drug-likeness (QED) is 0.453. The summed E-state index contributed by atoms with van der Waals surface area (Å²) < 4.78 is 12.2. The fraction of sp³-hybridized carbons (Fsp3) is 0.419. The molecule has 3 aromatic rings. The number of nitrogens with zero attached hydrogens (tertiary/aromatic N) is 1. The van der Waals surface area contributed by atoms with Crippen molar-refractivity contribution in [1.29, 1.82) is 0 Å². The number of ether oxygens (including phenoxy) is 2. The van der Waals surface area contributed by atoms with E-state index in [0.717, 1.165) is 56.8 Å². The van der Waals surface area contributed by atoms with Gasteiger partial charge in [0, 0.05) is 38.0 Å². The number of fused-ring (bicyclic) bond motifs is 1. The second kappa shape index (κ2) is 10.4. The van der Waals surface area contributed by atoms with Crippen LogP contribution >= 0.6 is 0 Å². The molecule has 0 bridgehead atoms. The summed E-state index contributed by atoms with van der Waals surface area (Å²) in [5.41, 5.74) is 4.35. The third-order valence-corrected chi connectivity index (χ3v) is 7.45. The van der Waals surface area contributed by atoms with E-state index in [9.17, 15) is 5.11 Å². The summed E-state index contributed by atoms with van der Waals surface area (Å²) in [6.07, 6.45) is 3.40. The molecule has 1 fully saturated rings. The highest BCUT2D eigenvalue weighted by molar-refractivity contribution is 5.43. The van der Waals surface area contributed by atoms with Crippen LogP contribution in [0, 0.1) is 0 Å². The van der Waals surface area contributed by atoms with Crippen molar-refractivity contribution >= 4 is 0 Å². The maximum Gasteiger partial charge on any atom is 0.123 e. The first kappa shape index (κ1) is 23.9. The van der Waals surface area contributed by atoms with Gasteiger partial charge in [-0.1, -0.05) is 68.4 Å². The van der Waals surface area contributed by atoms with Gasteiger partial charge in [-0.2, -0.15) is 0 Å². The van der Waals surface area contributed by atoms with Crippen LogP contribution in [0.2, 0.25) is 0 Å². The molecule has 1 unspecified atom stereocenters. The zero-order valence-corrected chi connectivity index (χ0v) is 21.0. The Morgan fingerprint density at radius 3 is 2.43 bits per heavy atom. The number of hydrogen-bond acceptors (Lipinski definition) is 4. The highest BCUT2D eigenvalue weighted by Crippen LogP contribution is 2.34. The molecule has 2 aliphatic heterocycles. The molecule has 0 aliphatic carbocycles. The molecule has 0 amide bonds. The van der Waals surface area contributed by atoms with Crippen molar-refractivity contribution in [1.82, 2.24) is 4.90 Å². The summed E-state index contributed by atoms with van der Waals surface area (Å²) in [6, 6.07) is 25.2. The van der Waals surface area contributed by atoms with E-state index in [1.807, 2.05) is 30.3 Å². The summed E-state index contributed by atoms with van der Waals surface area (Å²) in [4.78, 5) is 2.44. The van der Waals surface area contributed by atoms with Crippen molar-refractivity contribution in [2.24, 2.45) is 0 Å².